The third kappa shape index (κ3) is 6.28. The van der Waals surface area contributed by atoms with Crippen LogP contribution in [0.4, 0.5) is 23.8 Å². The highest BCUT2D eigenvalue weighted by Crippen LogP contribution is 2.68. The summed E-state index contributed by atoms with van der Waals surface area (Å²) in [5.74, 6) is 0.718. The molecule has 5 fully saturated rings. The predicted molar refractivity (Wildman–Crippen MR) is 188 cm³/mol. The quantitative estimate of drug-likeness (QED) is 0.214. The van der Waals surface area contributed by atoms with Crippen LogP contribution in [0.15, 0.2) is 42.7 Å². The van der Waals surface area contributed by atoms with Gasteiger partial charge in [-0.25, -0.2) is 14.8 Å². The van der Waals surface area contributed by atoms with Gasteiger partial charge in [0.25, 0.3) is 0 Å². The monoisotopic (exact) mass is 699 g/mol. The number of alkyl carbamates (subject to hydrolysis) is 1. The highest BCUT2D eigenvalue weighted by atomic mass is 19.4. The second-order valence-electron chi connectivity index (χ2n) is 16.9. The molecule has 2 aromatic carbocycles. The summed E-state index contributed by atoms with van der Waals surface area (Å²) >= 11 is 0. The lowest BCUT2D eigenvalue weighted by molar-refractivity contribution is -0.160. The molecule has 2 aromatic heterocycles. The summed E-state index contributed by atoms with van der Waals surface area (Å²) in [5.41, 5.74) is 4.68. The van der Waals surface area contributed by atoms with E-state index >= 15 is 0 Å². The molecule has 0 radical (unpaired) electrons. The van der Waals surface area contributed by atoms with Crippen molar-refractivity contribution in [2.45, 2.75) is 96.6 Å². The van der Waals surface area contributed by atoms with Gasteiger partial charge in [0.2, 0.25) is 0 Å². The summed E-state index contributed by atoms with van der Waals surface area (Å²) in [6.45, 7) is 13.0. The van der Waals surface area contributed by atoms with Crippen LogP contribution in [0.3, 0.4) is 0 Å². The molecule has 0 atom stereocenters. The average Bonchev–Trinajstić information content (AvgIpc) is 3.36. The van der Waals surface area contributed by atoms with E-state index in [9.17, 15) is 23.2 Å². The minimum Gasteiger partial charge on any atom is -0.444 e. The lowest BCUT2D eigenvalue weighted by atomic mass is 9.39. The molecule has 1 spiro atoms. The number of halogens is 3. The molecule has 2 aliphatic heterocycles. The second kappa shape index (κ2) is 11.6. The molecule has 3 aliphatic carbocycles. The highest BCUT2D eigenvalue weighted by Gasteiger charge is 2.68. The summed E-state index contributed by atoms with van der Waals surface area (Å²) in [7, 11) is 0. The average molecular weight is 700 g/mol. The van der Waals surface area contributed by atoms with Gasteiger partial charge in [0, 0.05) is 53.4 Å². The van der Waals surface area contributed by atoms with Crippen LogP contribution in [0.5, 0.6) is 0 Å². The zero-order chi connectivity index (χ0) is 36.0. The van der Waals surface area contributed by atoms with E-state index in [0.717, 1.165) is 88.1 Å². The number of ether oxygens (including phenoxy) is 1. The van der Waals surface area contributed by atoms with Crippen molar-refractivity contribution in [2.24, 2.45) is 10.8 Å². The molecule has 9 rings (SSSR count). The van der Waals surface area contributed by atoms with E-state index in [-0.39, 0.29) is 28.0 Å². The van der Waals surface area contributed by atoms with Gasteiger partial charge in [0.05, 0.1) is 11.9 Å². The fourth-order valence-electron chi connectivity index (χ4n) is 9.45. The van der Waals surface area contributed by atoms with E-state index in [2.05, 4.69) is 54.8 Å². The number of hydrogen-bond acceptors (Lipinski definition) is 7. The number of rotatable bonds is 7. The lowest BCUT2D eigenvalue weighted by Gasteiger charge is -2.70. The van der Waals surface area contributed by atoms with Gasteiger partial charge in [-0.3, -0.25) is 4.90 Å². The molecule has 3 saturated carbocycles. The molecule has 5 aliphatic rings. The van der Waals surface area contributed by atoms with Crippen molar-refractivity contribution >= 4 is 33.7 Å². The van der Waals surface area contributed by atoms with Crippen LogP contribution in [0.2, 0.25) is 0 Å². The number of amides is 1. The maximum Gasteiger partial charge on any atom is 0.408 e. The molecule has 4 heterocycles. The summed E-state index contributed by atoms with van der Waals surface area (Å²) in [6, 6.07) is 13.6. The number of anilines is 1. The first kappa shape index (κ1) is 33.8. The van der Waals surface area contributed by atoms with Crippen molar-refractivity contribution < 1.29 is 22.7 Å². The van der Waals surface area contributed by atoms with Gasteiger partial charge in [-0.1, -0.05) is 12.1 Å². The molecular formula is C39H44F3N7O2. The van der Waals surface area contributed by atoms with Gasteiger partial charge in [-0.2, -0.15) is 18.4 Å². The number of carbonyl (C=O) groups is 1. The second-order valence-corrected chi connectivity index (χ2v) is 16.9. The van der Waals surface area contributed by atoms with Crippen LogP contribution in [-0.2, 0) is 24.2 Å². The number of hydrogen-bond donors (Lipinski definition) is 1. The minimum atomic E-state index is -4.27. The van der Waals surface area contributed by atoms with E-state index in [1.807, 2.05) is 26.8 Å². The number of nitrogens with zero attached hydrogens (tertiary/aromatic N) is 6. The van der Waals surface area contributed by atoms with E-state index in [4.69, 9.17) is 4.74 Å². The summed E-state index contributed by atoms with van der Waals surface area (Å²) < 4.78 is 46.9. The molecule has 9 nitrogen and oxygen atoms in total. The van der Waals surface area contributed by atoms with E-state index in [1.54, 1.807) is 12.1 Å². The fraction of sp³-hybridized carbons (Fsp3) is 0.538. The summed E-state index contributed by atoms with van der Waals surface area (Å²) in [4.78, 5) is 25.9. The van der Waals surface area contributed by atoms with Crippen LogP contribution < -0.4 is 10.2 Å². The van der Waals surface area contributed by atoms with Crippen LogP contribution in [0, 0.1) is 29.1 Å². The third-order valence-electron chi connectivity index (χ3n) is 11.7. The largest absolute Gasteiger partial charge is 0.444 e. The van der Waals surface area contributed by atoms with Gasteiger partial charge in [-0.05, 0) is 119 Å². The number of alkyl halides is 3. The van der Waals surface area contributed by atoms with Crippen molar-refractivity contribution in [3.05, 3.63) is 65.1 Å². The van der Waals surface area contributed by atoms with Gasteiger partial charge in [0.1, 0.15) is 29.5 Å². The highest BCUT2D eigenvalue weighted by molar-refractivity contribution is 5.90. The van der Waals surface area contributed by atoms with Crippen molar-refractivity contribution in [1.29, 1.82) is 5.26 Å². The summed E-state index contributed by atoms with van der Waals surface area (Å²) in [6.07, 6.45) is 0.697. The standard InChI is InChI=1S/C39H44F3N7O2/c1-25-27(6-8-32-29(25)14-28(16-43)49(32)23-37-18-38(19-37,20-37)46-34(50)51-35(2,3)4)17-47-11-9-36(10-12-47)21-48(22-36)33-30-13-26(15-39(40,41)42)5-7-31(30)44-24-45-33/h5-8,13-14,24H,9-12,15,17-23H2,1-4H3,(H,46,50). The van der Waals surface area contributed by atoms with E-state index in [1.165, 1.54) is 23.5 Å². The Morgan fingerprint density at radius 1 is 1.02 bits per heavy atom. The maximum atomic E-state index is 13.1. The van der Waals surface area contributed by atoms with E-state index in [0.29, 0.717) is 16.6 Å². The number of nitriles is 1. The number of fused-ring (bicyclic) bond motifs is 2. The predicted octanol–water partition coefficient (Wildman–Crippen LogP) is 7.42. The van der Waals surface area contributed by atoms with Crippen LogP contribution in [0.1, 0.15) is 75.3 Å². The molecule has 12 heteroatoms. The number of piperidine rings is 1. The molecule has 4 aromatic rings. The Kier molecular flexibility index (Phi) is 7.66. The number of nitrogens with one attached hydrogen (secondary N) is 1. The van der Waals surface area contributed by atoms with Gasteiger partial charge >= 0.3 is 12.3 Å². The molecule has 2 bridgehead atoms. The Bertz CT molecular complexity index is 2060. The first-order chi connectivity index (χ1) is 24.1. The van der Waals surface area contributed by atoms with Gasteiger partial charge < -0.3 is 19.5 Å². The Morgan fingerprint density at radius 3 is 2.41 bits per heavy atom. The molecular weight excluding hydrogens is 655 g/mol. The molecule has 1 amide bonds. The van der Waals surface area contributed by atoms with Crippen LogP contribution >= 0.6 is 0 Å². The van der Waals surface area contributed by atoms with Crippen molar-refractivity contribution in [3.63, 3.8) is 0 Å². The maximum absolute atomic E-state index is 13.1. The smallest absolute Gasteiger partial charge is 0.408 e. The number of likely N-dealkylation sites (tertiary alicyclic amines) is 1. The third-order valence-corrected chi connectivity index (χ3v) is 11.7. The minimum absolute atomic E-state index is 0.0939. The van der Waals surface area contributed by atoms with Crippen molar-refractivity contribution in [2.75, 3.05) is 31.1 Å². The molecule has 1 N–H and O–H groups in total. The Hall–Kier alpha value is -4.37. The zero-order valence-corrected chi connectivity index (χ0v) is 29.7. The Morgan fingerprint density at radius 2 is 1.75 bits per heavy atom. The lowest BCUT2D eigenvalue weighted by Crippen LogP contribution is -2.75. The van der Waals surface area contributed by atoms with Crippen LogP contribution in [0.25, 0.3) is 21.8 Å². The number of carbonyl (C=O) groups excluding carboxylic acids is 1. The summed E-state index contributed by atoms with van der Waals surface area (Å²) in [5, 5.41) is 15.0. The Labute approximate surface area is 295 Å². The van der Waals surface area contributed by atoms with Crippen molar-refractivity contribution in [1.82, 2.24) is 24.8 Å². The van der Waals surface area contributed by atoms with Crippen LogP contribution in [-0.4, -0.2) is 69.0 Å². The molecule has 51 heavy (non-hydrogen) atoms. The molecule has 0 unspecified atom stereocenters. The van der Waals surface area contributed by atoms with Gasteiger partial charge in [0.15, 0.2) is 0 Å². The molecule has 268 valence electrons. The normalized spacial score (nSPS) is 24.2. The number of aryl methyl sites for hydroxylation is 1. The van der Waals surface area contributed by atoms with Crippen molar-refractivity contribution in [3.8, 4) is 6.07 Å². The fourth-order valence-corrected chi connectivity index (χ4v) is 9.45. The topological polar surface area (TPSA) is 99.3 Å². The number of benzene rings is 2. The number of aromatic nitrogens is 3. The Balaban J connectivity index is 0.890. The molecule has 2 saturated heterocycles. The first-order valence-electron chi connectivity index (χ1n) is 17.9. The SMILES string of the molecule is Cc1c(CN2CCC3(CC2)CN(c2ncnc4ccc(CC(F)(F)F)cc24)C3)ccc2c1cc(C#N)n2CC12CC(NC(=O)OC(C)(C)C)(C1)C2. The van der Waals surface area contributed by atoms with Gasteiger partial charge in [-0.15, -0.1) is 0 Å². The van der Waals surface area contributed by atoms with E-state index < -0.39 is 18.2 Å². The zero-order valence-electron chi connectivity index (χ0n) is 29.7. The first-order valence-corrected chi connectivity index (χ1v) is 17.9.